The van der Waals surface area contributed by atoms with Gasteiger partial charge in [-0.3, -0.25) is 4.79 Å². The van der Waals surface area contributed by atoms with Crippen LogP contribution in [-0.2, 0) is 6.42 Å². The highest BCUT2D eigenvalue weighted by Gasteiger charge is 2.22. The Balaban J connectivity index is 2.39. The number of nitrogens with zero attached hydrogens (tertiary/aromatic N) is 1. The van der Waals surface area contributed by atoms with Crippen molar-refractivity contribution in [3.8, 4) is 0 Å². The second kappa shape index (κ2) is 6.25. The molecule has 0 bridgehead atoms. The zero-order valence-electron chi connectivity index (χ0n) is 11.4. The first-order valence-corrected chi connectivity index (χ1v) is 6.52. The highest BCUT2D eigenvalue weighted by Crippen LogP contribution is 2.25. The fraction of sp³-hybridized carbons (Fsp3) is 0.267. The Morgan fingerprint density at radius 1 is 1.35 bits per heavy atom. The minimum atomic E-state index is -0.220. The molecule has 5 nitrogen and oxygen atoms in total. The molecule has 1 aromatic heterocycles. The lowest BCUT2D eigenvalue weighted by Crippen LogP contribution is -2.34. The molecule has 3 N–H and O–H groups in total. The summed E-state index contributed by atoms with van der Waals surface area (Å²) in [6, 6.07) is 8.73. The average molecular weight is 274 g/mol. The maximum absolute atomic E-state index is 12.6. The molecule has 5 heteroatoms. The van der Waals surface area contributed by atoms with Gasteiger partial charge in [0, 0.05) is 13.0 Å². The number of nitrogens with two attached hydrogens (primary N) is 1. The molecule has 2 aromatic rings. The van der Waals surface area contributed by atoms with Gasteiger partial charge in [-0.2, -0.15) is 0 Å². The van der Waals surface area contributed by atoms with Crippen LogP contribution in [-0.4, -0.2) is 24.2 Å². The van der Waals surface area contributed by atoms with Crippen LogP contribution < -0.4 is 10.6 Å². The molecule has 1 aromatic carbocycles. The molecule has 0 atom stereocenters. The van der Waals surface area contributed by atoms with Gasteiger partial charge in [0.1, 0.15) is 5.76 Å². The number of para-hydroxylation sites is 2. The number of nitrogen functional groups attached to an aromatic ring is 1. The van der Waals surface area contributed by atoms with Crippen LogP contribution in [0.4, 0.5) is 11.4 Å². The number of aliphatic hydroxyl groups is 1. The van der Waals surface area contributed by atoms with Gasteiger partial charge in [0.2, 0.25) is 0 Å². The number of furan rings is 1. The third-order valence-electron chi connectivity index (χ3n) is 3.09. The van der Waals surface area contributed by atoms with Crippen LogP contribution in [0.3, 0.4) is 0 Å². The Morgan fingerprint density at radius 3 is 2.75 bits per heavy atom. The molecule has 1 amide bonds. The van der Waals surface area contributed by atoms with Crippen LogP contribution in [0.15, 0.2) is 41.0 Å². The van der Waals surface area contributed by atoms with Gasteiger partial charge in [0.15, 0.2) is 0 Å². The lowest BCUT2D eigenvalue weighted by molar-refractivity contribution is 0.0979. The van der Waals surface area contributed by atoms with E-state index in [0.29, 0.717) is 29.1 Å². The summed E-state index contributed by atoms with van der Waals surface area (Å²) in [4.78, 5) is 14.1. The Bertz CT molecular complexity index is 592. The lowest BCUT2D eigenvalue weighted by Gasteiger charge is -2.23. The van der Waals surface area contributed by atoms with Crippen molar-refractivity contribution in [1.29, 1.82) is 0 Å². The molecule has 0 fully saturated rings. The van der Waals surface area contributed by atoms with E-state index in [1.165, 1.54) is 11.2 Å². The largest absolute Gasteiger partial charge is 0.469 e. The normalized spacial score (nSPS) is 10.5. The summed E-state index contributed by atoms with van der Waals surface area (Å²) >= 11 is 0. The van der Waals surface area contributed by atoms with Gasteiger partial charge in [-0.1, -0.05) is 19.1 Å². The fourth-order valence-corrected chi connectivity index (χ4v) is 2.12. The summed E-state index contributed by atoms with van der Waals surface area (Å²) in [5.74, 6) is 0.412. The Labute approximate surface area is 117 Å². The van der Waals surface area contributed by atoms with E-state index in [-0.39, 0.29) is 19.1 Å². The summed E-state index contributed by atoms with van der Waals surface area (Å²) < 4.78 is 5.29. The van der Waals surface area contributed by atoms with E-state index in [1.807, 2.05) is 6.92 Å². The van der Waals surface area contributed by atoms with Crippen molar-refractivity contribution in [2.24, 2.45) is 0 Å². The van der Waals surface area contributed by atoms with E-state index in [9.17, 15) is 9.90 Å². The van der Waals surface area contributed by atoms with Crippen molar-refractivity contribution >= 4 is 17.3 Å². The minimum Gasteiger partial charge on any atom is -0.469 e. The molecule has 2 rings (SSSR count). The van der Waals surface area contributed by atoms with E-state index in [4.69, 9.17) is 10.2 Å². The smallest absolute Gasteiger partial charge is 0.261 e. The van der Waals surface area contributed by atoms with E-state index in [2.05, 4.69) is 0 Å². The second-order valence-electron chi connectivity index (χ2n) is 4.35. The van der Waals surface area contributed by atoms with Gasteiger partial charge in [-0.15, -0.1) is 0 Å². The van der Waals surface area contributed by atoms with Crippen molar-refractivity contribution in [2.45, 2.75) is 13.3 Å². The molecule has 0 saturated carbocycles. The summed E-state index contributed by atoms with van der Waals surface area (Å²) in [5, 5.41) is 9.20. The molecule has 0 spiro atoms. The number of amides is 1. The molecule has 1 heterocycles. The maximum Gasteiger partial charge on any atom is 0.261 e. The number of aliphatic hydroxyl groups excluding tert-OH is 1. The van der Waals surface area contributed by atoms with Crippen LogP contribution in [0, 0.1) is 0 Å². The molecule has 106 valence electrons. The lowest BCUT2D eigenvalue weighted by atomic mass is 10.1. The summed E-state index contributed by atoms with van der Waals surface area (Å²) in [6.45, 7) is 1.96. The topological polar surface area (TPSA) is 79.7 Å². The number of carbonyl (C=O) groups excluding carboxylic acids is 1. The van der Waals surface area contributed by atoms with E-state index >= 15 is 0 Å². The molecule has 0 saturated heterocycles. The molecule has 0 unspecified atom stereocenters. The number of anilines is 2. The first kappa shape index (κ1) is 14.1. The van der Waals surface area contributed by atoms with Crippen molar-refractivity contribution in [3.63, 3.8) is 0 Å². The maximum atomic E-state index is 12.6. The van der Waals surface area contributed by atoms with Crippen molar-refractivity contribution < 1.29 is 14.3 Å². The standard InChI is InChI=1S/C15H18N2O3/c1-2-14-11(7-10-20-14)15(19)17(8-9-18)13-6-4-3-5-12(13)16/h3-7,10,18H,2,8-9,16H2,1H3. The van der Waals surface area contributed by atoms with Crippen LogP contribution in [0.5, 0.6) is 0 Å². The van der Waals surface area contributed by atoms with E-state index < -0.39 is 0 Å². The molecular formula is C15H18N2O3. The number of carbonyl (C=O) groups is 1. The van der Waals surface area contributed by atoms with Crippen molar-refractivity contribution in [1.82, 2.24) is 0 Å². The molecule has 0 aliphatic heterocycles. The predicted octanol–water partition coefficient (Wildman–Crippen LogP) is 2.06. The van der Waals surface area contributed by atoms with E-state index in [0.717, 1.165) is 0 Å². The zero-order valence-corrected chi connectivity index (χ0v) is 11.4. The highest BCUT2D eigenvalue weighted by molar-refractivity contribution is 6.08. The summed E-state index contributed by atoms with van der Waals surface area (Å²) in [6.07, 6.45) is 2.13. The first-order chi connectivity index (χ1) is 9.69. The third kappa shape index (κ3) is 2.67. The Hall–Kier alpha value is -2.27. The van der Waals surface area contributed by atoms with Gasteiger partial charge >= 0.3 is 0 Å². The van der Waals surface area contributed by atoms with E-state index in [1.54, 1.807) is 30.3 Å². The molecule has 0 aliphatic rings. The van der Waals surface area contributed by atoms with Gasteiger partial charge in [-0.25, -0.2) is 0 Å². The minimum absolute atomic E-state index is 0.139. The molecule has 20 heavy (non-hydrogen) atoms. The Kier molecular flexibility index (Phi) is 4.42. The Morgan fingerprint density at radius 2 is 2.10 bits per heavy atom. The second-order valence-corrected chi connectivity index (χ2v) is 4.35. The van der Waals surface area contributed by atoms with Gasteiger partial charge in [0.25, 0.3) is 5.91 Å². The van der Waals surface area contributed by atoms with Crippen LogP contribution in [0.2, 0.25) is 0 Å². The molecular weight excluding hydrogens is 256 g/mol. The van der Waals surface area contributed by atoms with Gasteiger partial charge in [0.05, 0.1) is 29.8 Å². The highest BCUT2D eigenvalue weighted by atomic mass is 16.3. The third-order valence-corrected chi connectivity index (χ3v) is 3.09. The van der Waals surface area contributed by atoms with Gasteiger partial charge < -0.3 is 20.2 Å². The molecule has 0 radical (unpaired) electrons. The molecule has 0 aliphatic carbocycles. The number of hydrogen-bond acceptors (Lipinski definition) is 4. The predicted molar refractivity (Wildman–Crippen MR) is 77.7 cm³/mol. The first-order valence-electron chi connectivity index (χ1n) is 6.52. The SMILES string of the molecule is CCc1occc1C(=O)N(CCO)c1ccccc1N. The summed E-state index contributed by atoms with van der Waals surface area (Å²) in [5.41, 5.74) is 7.51. The van der Waals surface area contributed by atoms with Crippen LogP contribution in [0.25, 0.3) is 0 Å². The number of hydrogen-bond donors (Lipinski definition) is 2. The zero-order chi connectivity index (χ0) is 14.5. The quantitative estimate of drug-likeness (QED) is 0.818. The number of rotatable bonds is 5. The van der Waals surface area contributed by atoms with Gasteiger partial charge in [-0.05, 0) is 18.2 Å². The van der Waals surface area contributed by atoms with Crippen molar-refractivity contribution in [3.05, 3.63) is 47.9 Å². The van der Waals surface area contributed by atoms with Crippen molar-refractivity contribution in [2.75, 3.05) is 23.8 Å². The number of benzene rings is 1. The number of aryl methyl sites for hydroxylation is 1. The fourth-order valence-electron chi connectivity index (χ4n) is 2.12. The summed E-state index contributed by atoms with van der Waals surface area (Å²) in [7, 11) is 0. The average Bonchev–Trinajstić information content (AvgIpc) is 2.93. The van der Waals surface area contributed by atoms with Crippen LogP contribution in [0.1, 0.15) is 23.0 Å². The monoisotopic (exact) mass is 274 g/mol. The van der Waals surface area contributed by atoms with Crippen LogP contribution >= 0.6 is 0 Å².